The molecule has 8 nitrogen and oxygen atoms in total. The molecule has 12 heteroatoms. The maximum Gasteiger partial charge on any atom is 0.433 e. The van der Waals surface area contributed by atoms with Crippen LogP contribution in [-0.2, 0) is 21.2 Å². The fourth-order valence-electron chi connectivity index (χ4n) is 7.95. The predicted octanol–water partition coefficient (Wildman–Crippen LogP) is 8.60. The molecular weight excluding hydrogens is 677 g/mol. The molecule has 0 saturated carbocycles. The average molecular weight is 735 g/mol. The molecule has 0 bridgehead atoms. The number of aromatic nitrogens is 2. The van der Waals surface area contributed by atoms with Crippen molar-refractivity contribution in [2.45, 2.75) is 135 Å². The number of halogens is 4. The van der Waals surface area contributed by atoms with Crippen LogP contribution in [0.25, 0.3) is 0 Å². The van der Waals surface area contributed by atoms with Crippen molar-refractivity contribution in [2.75, 3.05) is 56.6 Å². The van der Waals surface area contributed by atoms with E-state index in [9.17, 15) is 22.8 Å². The topological polar surface area (TPSA) is 72.9 Å². The highest BCUT2D eigenvalue weighted by Crippen LogP contribution is 2.36. The zero-order valence-electron chi connectivity index (χ0n) is 31.1. The first-order valence-corrected chi connectivity index (χ1v) is 19.9. The molecule has 0 aromatic carbocycles. The molecule has 5 aliphatic rings. The van der Waals surface area contributed by atoms with Gasteiger partial charge in [-0.2, -0.15) is 13.2 Å². The molecular formula is C39H58ClF3N6O2. The zero-order valence-corrected chi connectivity index (χ0v) is 31.8. The van der Waals surface area contributed by atoms with Gasteiger partial charge in [0.25, 0.3) is 0 Å². The molecule has 1 aromatic rings. The SMILES string of the molecule is CC(C)(C)c1nc(N2CCN(CCCCN3C(=O)CCC4=C3CCCC4)CC2)cc(C(F)(F)F)n1.O=C1CCC2=C(CCCC2)N1CCCCCl. The Balaban J connectivity index is 0.000000262. The number of anilines is 1. The van der Waals surface area contributed by atoms with E-state index in [1.54, 1.807) is 5.57 Å². The molecule has 1 saturated heterocycles. The predicted molar refractivity (Wildman–Crippen MR) is 196 cm³/mol. The highest BCUT2D eigenvalue weighted by atomic mass is 35.5. The van der Waals surface area contributed by atoms with Gasteiger partial charge in [-0.05, 0) is 96.4 Å². The first-order chi connectivity index (χ1) is 24.3. The minimum atomic E-state index is -4.50. The molecule has 0 unspecified atom stereocenters. The quantitative estimate of drug-likeness (QED) is 0.177. The lowest BCUT2D eigenvalue weighted by Gasteiger charge is -2.36. The lowest BCUT2D eigenvalue weighted by atomic mass is 9.89. The van der Waals surface area contributed by atoms with Gasteiger partial charge in [-0.3, -0.25) is 14.5 Å². The molecule has 2 aliphatic carbocycles. The van der Waals surface area contributed by atoms with Crippen LogP contribution in [0, 0.1) is 0 Å². The van der Waals surface area contributed by atoms with E-state index in [1.165, 1.54) is 49.1 Å². The highest BCUT2D eigenvalue weighted by Gasteiger charge is 2.36. The van der Waals surface area contributed by atoms with Crippen molar-refractivity contribution in [3.05, 3.63) is 40.1 Å². The number of amides is 2. The summed E-state index contributed by atoms with van der Waals surface area (Å²) < 4.78 is 40.3. The molecule has 2 amide bonds. The van der Waals surface area contributed by atoms with Gasteiger partial charge in [-0.25, -0.2) is 9.97 Å². The van der Waals surface area contributed by atoms with Crippen LogP contribution in [0.3, 0.4) is 0 Å². The Bertz CT molecular complexity index is 1400. The van der Waals surface area contributed by atoms with Crippen LogP contribution in [0.5, 0.6) is 0 Å². The third kappa shape index (κ3) is 10.7. The van der Waals surface area contributed by atoms with Crippen LogP contribution >= 0.6 is 11.6 Å². The van der Waals surface area contributed by atoms with Gasteiger partial charge in [-0.1, -0.05) is 31.9 Å². The Hall–Kier alpha value is -2.66. The number of piperazine rings is 1. The van der Waals surface area contributed by atoms with Gasteiger partial charge < -0.3 is 14.7 Å². The third-order valence-corrected chi connectivity index (χ3v) is 11.1. The Morgan fingerprint density at radius 3 is 1.69 bits per heavy atom. The number of alkyl halides is 4. The molecule has 1 fully saturated rings. The van der Waals surface area contributed by atoms with Crippen LogP contribution < -0.4 is 4.90 Å². The summed E-state index contributed by atoms with van der Waals surface area (Å²) in [4.78, 5) is 41.1. The van der Waals surface area contributed by atoms with Gasteiger partial charge in [0.15, 0.2) is 0 Å². The number of unbranched alkanes of at least 4 members (excludes halogenated alkanes) is 2. The standard InChI is InChI=1S/C26H38F3N5O.C13H20ClNO/c1-25(2,3)24-30-21(26(27,28)29)18-22(31-24)33-16-14-32(15-17-33)12-6-7-13-34-20-9-5-4-8-19(20)10-11-23(34)35;14-9-3-4-10-15-12-6-2-1-5-11(12)7-8-13(15)16/h18H,4-17H2,1-3H3;1-10H2. The van der Waals surface area contributed by atoms with Crippen molar-refractivity contribution in [2.24, 2.45) is 0 Å². The van der Waals surface area contributed by atoms with Crippen molar-refractivity contribution in [3.63, 3.8) is 0 Å². The van der Waals surface area contributed by atoms with E-state index in [4.69, 9.17) is 11.6 Å². The van der Waals surface area contributed by atoms with Crippen LogP contribution in [-0.4, -0.2) is 88.2 Å². The fourth-order valence-corrected chi connectivity index (χ4v) is 8.14. The number of hydrogen-bond acceptors (Lipinski definition) is 6. The lowest BCUT2D eigenvalue weighted by Crippen LogP contribution is -2.47. The van der Waals surface area contributed by atoms with Gasteiger partial charge in [0.1, 0.15) is 17.3 Å². The minimum Gasteiger partial charge on any atom is -0.354 e. The smallest absolute Gasteiger partial charge is 0.354 e. The summed E-state index contributed by atoms with van der Waals surface area (Å²) in [6.45, 7) is 10.9. The summed E-state index contributed by atoms with van der Waals surface area (Å²) in [7, 11) is 0. The van der Waals surface area contributed by atoms with Crippen molar-refractivity contribution < 1.29 is 22.8 Å². The number of allylic oxidation sites excluding steroid dienone is 4. The lowest BCUT2D eigenvalue weighted by molar-refractivity contribution is -0.141. The molecule has 6 rings (SSSR count). The van der Waals surface area contributed by atoms with Gasteiger partial charge >= 0.3 is 6.18 Å². The van der Waals surface area contributed by atoms with E-state index >= 15 is 0 Å². The summed E-state index contributed by atoms with van der Waals surface area (Å²) in [5, 5.41) is 0. The molecule has 0 atom stereocenters. The number of rotatable bonds is 10. The largest absolute Gasteiger partial charge is 0.433 e. The van der Waals surface area contributed by atoms with Gasteiger partial charge in [0, 0.05) is 80.9 Å². The Kier molecular flexibility index (Phi) is 13.9. The van der Waals surface area contributed by atoms with E-state index in [0.29, 0.717) is 37.1 Å². The van der Waals surface area contributed by atoms with Crippen molar-refractivity contribution >= 4 is 29.2 Å². The summed E-state index contributed by atoms with van der Waals surface area (Å²) in [5.41, 5.74) is 4.27. The fraction of sp³-hybridized carbons (Fsp3) is 0.744. The molecule has 284 valence electrons. The van der Waals surface area contributed by atoms with Crippen LogP contribution in [0.2, 0.25) is 0 Å². The molecule has 0 radical (unpaired) electrons. The molecule has 0 spiro atoms. The maximum absolute atomic E-state index is 13.4. The van der Waals surface area contributed by atoms with Crippen molar-refractivity contribution in [1.29, 1.82) is 0 Å². The first kappa shape index (κ1) is 39.5. The summed E-state index contributed by atoms with van der Waals surface area (Å²) in [6, 6.07) is 1.08. The van der Waals surface area contributed by atoms with Crippen LogP contribution in [0.1, 0.15) is 135 Å². The molecule has 51 heavy (non-hydrogen) atoms. The van der Waals surface area contributed by atoms with Gasteiger partial charge in [0.05, 0.1) is 0 Å². The summed E-state index contributed by atoms with van der Waals surface area (Å²) in [5.74, 6) is 1.88. The third-order valence-electron chi connectivity index (χ3n) is 10.9. The maximum atomic E-state index is 13.4. The molecule has 3 aliphatic heterocycles. The molecule has 4 heterocycles. The average Bonchev–Trinajstić information content (AvgIpc) is 3.11. The van der Waals surface area contributed by atoms with Gasteiger partial charge in [-0.15, -0.1) is 11.6 Å². The van der Waals surface area contributed by atoms with E-state index < -0.39 is 17.3 Å². The zero-order chi connectivity index (χ0) is 36.6. The summed E-state index contributed by atoms with van der Waals surface area (Å²) in [6.07, 6.45) is 12.4. The Morgan fingerprint density at radius 1 is 0.667 bits per heavy atom. The number of carbonyl (C=O) groups excluding carboxylic acids is 2. The normalized spacial score (nSPS) is 20.7. The van der Waals surface area contributed by atoms with E-state index in [1.807, 2.05) is 30.6 Å². The number of hydrogen-bond donors (Lipinski definition) is 0. The van der Waals surface area contributed by atoms with E-state index in [2.05, 4.69) is 19.8 Å². The second-order valence-electron chi connectivity index (χ2n) is 15.7. The molecule has 1 aromatic heterocycles. The van der Waals surface area contributed by atoms with Crippen molar-refractivity contribution in [1.82, 2.24) is 24.7 Å². The second-order valence-corrected chi connectivity index (χ2v) is 16.1. The highest BCUT2D eigenvalue weighted by molar-refractivity contribution is 6.17. The first-order valence-electron chi connectivity index (χ1n) is 19.4. The monoisotopic (exact) mass is 734 g/mol. The van der Waals surface area contributed by atoms with Gasteiger partial charge in [0.2, 0.25) is 11.8 Å². The number of carbonyl (C=O) groups is 2. The second kappa shape index (κ2) is 17.9. The van der Waals surface area contributed by atoms with Crippen molar-refractivity contribution in [3.8, 4) is 0 Å². The van der Waals surface area contributed by atoms with E-state index in [0.717, 1.165) is 103 Å². The van der Waals surface area contributed by atoms with Crippen LogP contribution in [0.15, 0.2) is 28.6 Å². The minimum absolute atomic E-state index is 0.216. The Morgan fingerprint density at radius 2 is 1.18 bits per heavy atom. The van der Waals surface area contributed by atoms with E-state index in [-0.39, 0.29) is 11.7 Å². The number of nitrogens with zero attached hydrogens (tertiary/aromatic N) is 6. The Labute approximate surface area is 307 Å². The summed E-state index contributed by atoms with van der Waals surface area (Å²) >= 11 is 5.68. The molecule has 0 N–H and O–H groups in total. The van der Waals surface area contributed by atoms with Crippen LogP contribution in [0.4, 0.5) is 19.0 Å².